The minimum Gasteiger partial charge on any atom is -0.381 e. The second-order valence-electron chi connectivity index (χ2n) is 4.54. The first kappa shape index (κ1) is 14.4. The van der Waals surface area contributed by atoms with Crippen LogP contribution in [0.2, 0.25) is 0 Å². The Morgan fingerprint density at radius 1 is 1.20 bits per heavy atom. The smallest absolute Gasteiger partial charge is 0.381 e. The van der Waals surface area contributed by atoms with Crippen molar-refractivity contribution in [2.45, 2.75) is 32.6 Å². The lowest BCUT2D eigenvalue weighted by molar-refractivity contribution is -0.137. The Hall–Kier alpha value is -1.98. The molecule has 0 aliphatic heterocycles. The van der Waals surface area contributed by atoms with Crippen LogP contribution in [0.1, 0.15) is 24.5 Å². The number of anilines is 1. The van der Waals surface area contributed by atoms with Crippen LogP contribution in [0.15, 0.2) is 36.7 Å². The number of rotatable bonds is 5. The van der Waals surface area contributed by atoms with Gasteiger partial charge in [-0.1, -0.05) is 6.92 Å². The van der Waals surface area contributed by atoms with E-state index in [4.69, 9.17) is 0 Å². The van der Waals surface area contributed by atoms with Crippen LogP contribution in [0.5, 0.6) is 0 Å². The van der Waals surface area contributed by atoms with Gasteiger partial charge in [0.2, 0.25) is 0 Å². The van der Waals surface area contributed by atoms with Crippen LogP contribution < -0.4 is 5.32 Å². The summed E-state index contributed by atoms with van der Waals surface area (Å²) in [5.74, 6) is 0. The Bertz CT molecular complexity index is 544. The molecule has 0 fully saturated rings. The van der Waals surface area contributed by atoms with Gasteiger partial charge in [-0.25, -0.2) is 0 Å². The third kappa shape index (κ3) is 3.76. The van der Waals surface area contributed by atoms with Gasteiger partial charge in [0.05, 0.1) is 11.8 Å². The third-order valence-electron chi connectivity index (χ3n) is 2.85. The minimum atomic E-state index is -4.29. The van der Waals surface area contributed by atoms with E-state index in [1.807, 2.05) is 10.9 Å². The molecule has 0 amide bonds. The van der Waals surface area contributed by atoms with E-state index < -0.39 is 11.7 Å². The first-order chi connectivity index (χ1) is 9.49. The van der Waals surface area contributed by atoms with Crippen LogP contribution in [0.25, 0.3) is 0 Å². The van der Waals surface area contributed by atoms with Gasteiger partial charge in [0, 0.05) is 30.5 Å². The number of benzene rings is 1. The maximum absolute atomic E-state index is 12.4. The van der Waals surface area contributed by atoms with Gasteiger partial charge in [-0.05, 0) is 30.7 Å². The van der Waals surface area contributed by atoms with Crippen molar-refractivity contribution in [1.29, 1.82) is 0 Å². The first-order valence-electron chi connectivity index (χ1n) is 6.41. The molecule has 108 valence electrons. The molecule has 1 heterocycles. The van der Waals surface area contributed by atoms with Crippen molar-refractivity contribution < 1.29 is 13.2 Å². The van der Waals surface area contributed by atoms with Gasteiger partial charge < -0.3 is 5.32 Å². The standard InChI is InChI=1S/C14H16F3N3/c1-2-7-20-10-11(9-19-20)8-18-13-5-3-12(4-6-13)14(15,16)17/h3-6,9-10,18H,2,7-8H2,1H3. The second-order valence-corrected chi connectivity index (χ2v) is 4.54. The van der Waals surface area contributed by atoms with E-state index >= 15 is 0 Å². The molecular weight excluding hydrogens is 267 g/mol. The van der Waals surface area contributed by atoms with E-state index in [2.05, 4.69) is 17.3 Å². The number of aryl methyl sites for hydroxylation is 1. The Morgan fingerprint density at radius 2 is 1.90 bits per heavy atom. The fourth-order valence-corrected chi connectivity index (χ4v) is 1.83. The molecule has 6 heteroatoms. The molecule has 2 rings (SSSR count). The highest BCUT2D eigenvalue weighted by Crippen LogP contribution is 2.29. The SMILES string of the molecule is CCCn1cc(CNc2ccc(C(F)(F)F)cc2)cn1. The number of aromatic nitrogens is 2. The fraction of sp³-hybridized carbons (Fsp3) is 0.357. The maximum Gasteiger partial charge on any atom is 0.416 e. The summed E-state index contributed by atoms with van der Waals surface area (Å²) in [7, 11) is 0. The first-order valence-corrected chi connectivity index (χ1v) is 6.41. The van der Waals surface area contributed by atoms with Crippen LogP contribution in [0.4, 0.5) is 18.9 Å². The number of alkyl halides is 3. The van der Waals surface area contributed by atoms with E-state index in [9.17, 15) is 13.2 Å². The van der Waals surface area contributed by atoms with Crippen LogP contribution in [0.3, 0.4) is 0 Å². The van der Waals surface area contributed by atoms with Crippen molar-refractivity contribution in [1.82, 2.24) is 9.78 Å². The zero-order valence-corrected chi connectivity index (χ0v) is 11.1. The van der Waals surface area contributed by atoms with Gasteiger partial charge in [-0.3, -0.25) is 4.68 Å². The molecule has 1 aromatic heterocycles. The number of hydrogen-bond donors (Lipinski definition) is 1. The molecule has 3 nitrogen and oxygen atoms in total. The molecule has 0 aliphatic carbocycles. The highest BCUT2D eigenvalue weighted by atomic mass is 19.4. The van der Waals surface area contributed by atoms with Crippen molar-refractivity contribution in [3.8, 4) is 0 Å². The van der Waals surface area contributed by atoms with Crippen LogP contribution in [0, 0.1) is 0 Å². The van der Waals surface area contributed by atoms with Crippen LogP contribution in [-0.4, -0.2) is 9.78 Å². The largest absolute Gasteiger partial charge is 0.416 e. The number of nitrogens with one attached hydrogen (secondary N) is 1. The summed E-state index contributed by atoms with van der Waals surface area (Å²) in [6, 6.07) is 5.00. The molecule has 0 atom stereocenters. The summed E-state index contributed by atoms with van der Waals surface area (Å²) in [6.07, 6.45) is 0.403. The van der Waals surface area contributed by atoms with Gasteiger partial charge >= 0.3 is 6.18 Å². The predicted molar refractivity (Wildman–Crippen MR) is 71.3 cm³/mol. The zero-order valence-electron chi connectivity index (χ0n) is 11.1. The van der Waals surface area contributed by atoms with Gasteiger partial charge in [0.15, 0.2) is 0 Å². The van der Waals surface area contributed by atoms with Crippen LogP contribution in [-0.2, 0) is 19.3 Å². The van der Waals surface area contributed by atoms with E-state index in [0.29, 0.717) is 12.2 Å². The molecule has 1 N–H and O–H groups in total. The molecule has 0 aliphatic rings. The van der Waals surface area contributed by atoms with Gasteiger partial charge in [-0.2, -0.15) is 18.3 Å². The van der Waals surface area contributed by atoms with Crippen molar-refractivity contribution in [2.75, 3.05) is 5.32 Å². The second kappa shape index (κ2) is 5.98. The van der Waals surface area contributed by atoms with Crippen molar-refractivity contribution in [3.05, 3.63) is 47.8 Å². The summed E-state index contributed by atoms with van der Waals surface area (Å²) >= 11 is 0. The summed E-state index contributed by atoms with van der Waals surface area (Å²) in [6.45, 7) is 3.47. The monoisotopic (exact) mass is 283 g/mol. The highest BCUT2D eigenvalue weighted by Gasteiger charge is 2.29. The fourth-order valence-electron chi connectivity index (χ4n) is 1.83. The topological polar surface area (TPSA) is 29.9 Å². The Kier molecular flexibility index (Phi) is 4.32. The van der Waals surface area contributed by atoms with Crippen molar-refractivity contribution in [3.63, 3.8) is 0 Å². The molecule has 0 bridgehead atoms. The Labute approximate surface area is 115 Å². The quantitative estimate of drug-likeness (QED) is 0.901. The number of halogens is 3. The summed E-state index contributed by atoms with van der Waals surface area (Å²) < 4.78 is 39.1. The van der Waals surface area contributed by atoms with Crippen molar-refractivity contribution in [2.24, 2.45) is 0 Å². The maximum atomic E-state index is 12.4. The van der Waals surface area contributed by atoms with Gasteiger partial charge in [0.1, 0.15) is 0 Å². The molecule has 20 heavy (non-hydrogen) atoms. The summed E-state index contributed by atoms with van der Waals surface area (Å²) in [5.41, 5.74) is 1.01. The molecule has 0 radical (unpaired) electrons. The van der Waals surface area contributed by atoms with Crippen LogP contribution >= 0.6 is 0 Å². The summed E-state index contributed by atoms with van der Waals surface area (Å²) in [4.78, 5) is 0. The highest BCUT2D eigenvalue weighted by molar-refractivity contribution is 5.45. The lowest BCUT2D eigenvalue weighted by atomic mass is 10.2. The van der Waals surface area contributed by atoms with E-state index in [1.54, 1.807) is 6.20 Å². The molecule has 0 spiro atoms. The average molecular weight is 283 g/mol. The molecule has 0 saturated heterocycles. The Morgan fingerprint density at radius 3 is 2.50 bits per heavy atom. The lowest BCUT2D eigenvalue weighted by Gasteiger charge is -2.08. The lowest BCUT2D eigenvalue weighted by Crippen LogP contribution is -2.05. The average Bonchev–Trinajstić information content (AvgIpc) is 2.84. The molecule has 0 saturated carbocycles. The summed E-state index contributed by atoms with van der Waals surface area (Å²) in [5, 5.41) is 7.27. The Balaban J connectivity index is 1.93. The molecule has 2 aromatic rings. The predicted octanol–water partition coefficient (Wildman–Crippen LogP) is 3.92. The van der Waals surface area contributed by atoms with E-state index in [0.717, 1.165) is 30.7 Å². The number of hydrogen-bond acceptors (Lipinski definition) is 2. The molecule has 1 aromatic carbocycles. The molecule has 0 unspecified atom stereocenters. The zero-order chi connectivity index (χ0) is 14.6. The molecular formula is C14H16F3N3. The van der Waals surface area contributed by atoms with Gasteiger partial charge in [0.25, 0.3) is 0 Å². The van der Waals surface area contributed by atoms with Crippen molar-refractivity contribution >= 4 is 5.69 Å². The van der Waals surface area contributed by atoms with Gasteiger partial charge in [-0.15, -0.1) is 0 Å². The normalized spacial score (nSPS) is 11.6. The third-order valence-corrected chi connectivity index (χ3v) is 2.85. The van der Waals surface area contributed by atoms with E-state index in [-0.39, 0.29) is 0 Å². The number of nitrogens with zero attached hydrogens (tertiary/aromatic N) is 2. The van der Waals surface area contributed by atoms with E-state index in [1.165, 1.54) is 12.1 Å². The minimum absolute atomic E-state index is 0.537.